The SMILES string of the molecule is CCOc1ccc(Nc2nccc(C(=O)Nc3ccc(OC)c(Cl)c3)n2)cc1. The van der Waals surface area contributed by atoms with Crippen LogP contribution < -0.4 is 20.1 Å². The molecule has 1 heterocycles. The van der Waals surface area contributed by atoms with Crippen LogP contribution in [-0.4, -0.2) is 29.6 Å². The molecule has 0 aliphatic rings. The molecule has 0 bridgehead atoms. The molecule has 0 atom stereocenters. The number of rotatable bonds is 7. The second-order valence-corrected chi connectivity index (χ2v) is 6.06. The van der Waals surface area contributed by atoms with E-state index in [0.717, 1.165) is 11.4 Å². The molecular weight excluding hydrogens is 380 g/mol. The lowest BCUT2D eigenvalue weighted by Gasteiger charge is -2.09. The van der Waals surface area contributed by atoms with E-state index in [4.69, 9.17) is 21.1 Å². The Morgan fingerprint density at radius 1 is 1.11 bits per heavy atom. The van der Waals surface area contributed by atoms with E-state index < -0.39 is 0 Å². The summed E-state index contributed by atoms with van der Waals surface area (Å²) >= 11 is 6.08. The molecule has 28 heavy (non-hydrogen) atoms. The van der Waals surface area contributed by atoms with Crippen molar-refractivity contribution in [2.75, 3.05) is 24.4 Å². The Morgan fingerprint density at radius 2 is 1.86 bits per heavy atom. The molecule has 1 aromatic heterocycles. The normalized spacial score (nSPS) is 10.2. The highest BCUT2D eigenvalue weighted by Crippen LogP contribution is 2.27. The summed E-state index contributed by atoms with van der Waals surface area (Å²) in [7, 11) is 1.53. The van der Waals surface area contributed by atoms with E-state index >= 15 is 0 Å². The molecule has 0 unspecified atom stereocenters. The zero-order valence-corrected chi connectivity index (χ0v) is 16.2. The van der Waals surface area contributed by atoms with Gasteiger partial charge in [-0.1, -0.05) is 11.6 Å². The predicted octanol–water partition coefficient (Wildman–Crippen LogP) is 4.53. The number of anilines is 3. The van der Waals surface area contributed by atoms with Gasteiger partial charge in [-0.05, 0) is 55.5 Å². The van der Waals surface area contributed by atoms with E-state index in [9.17, 15) is 4.79 Å². The third-order valence-corrected chi connectivity index (χ3v) is 4.01. The molecular formula is C20H19ClN4O3. The third-order valence-electron chi connectivity index (χ3n) is 3.72. The molecule has 0 aliphatic carbocycles. The van der Waals surface area contributed by atoms with E-state index in [1.165, 1.54) is 19.4 Å². The molecule has 2 N–H and O–H groups in total. The van der Waals surface area contributed by atoms with Crippen LogP contribution in [-0.2, 0) is 0 Å². The van der Waals surface area contributed by atoms with Crippen LogP contribution in [0, 0.1) is 0 Å². The molecule has 1 amide bonds. The second kappa shape index (κ2) is 9.05. The van der Waals surface area contributed by atoms with E-state index in [1.54, 1.807) is 18.2 Å². The smallest absolute Gasteiger partial charge is 0.274 e. The fourth-order valence-electron chi connectivity index (χ4n) is 2.41. The first-order chi connectivity index (χ1) is 13.6. The van der Waals surface area contributed by atoms with Crippen molar-refractivity contribution in [3.63, 3.8) is 0 Å². The molecule has 7 nitrogen and oxygen atoms in total. The number of amides is 1. The highest BCUT2D eigenvalue weighted by molar-refractivity contribution is 6.32. The van der Waals surface area contributed by atoms with Crippen LogP contribution in [0.1, 0.15) is 17.4 Å². The summed E-state index contributed by atoms with van der Waals surface area (Å²) in [5, 5.41) is 6.21. The molecule has 144 valence electrons. The zero-order chi connectivity index (χ0) is 19.9. The van der Waals surface area contributed by atoms with Gasteiger partial charge in [0.1, 0.15) is 17.2 Å². The number of nitrogens with zero attached hydrogens (tertiary/aromatic N) is 2. The van der Waals surface area contributed by atoms with Gasteiger partial charge in [-0.2, -0.15) is 0 Å². The van der Waals surface area contributed by atoms with Gasteiger partial charge in [0.05, 0.1) is 18.7 Å². The summed E-state index contributed by atoms with van der Waals surface area (Å²) in [5.74, 6) is 1.24. The Labute approximate surface area is 167 Å². The topological polar surface area (TPSA) is 85.4 Å². The van der Waals surface area contributed by atoms with Gasteiger partial charge in [-0.25, -0.2) is 9.97 Å². The lowest BCUT2D eigenvalue weighted by atomic mass is 10.3. The van der Waals surface area contributed by atoms with Crippen LogP contribution in [0.3, 0.4) is 0 Å². The fraction of sp³-hybridized carbons (Fsp3) is 0.150. The Kier molecular flexibility index (Phi) is 6.29. The van der Waals surface area contributed by atoms with Gasteiger partial charge >= 0.3 is 0 Å². The Morgan fingerprint density at radius 3 is 2.54 bits per heavy atom. The minimum absolute atomic E-state index is 0.218. The van der Waals surface area contributed by atoms with Crippen molar-refractivity contribution in [1.29, 1.82) is 0 Å². The van der Waals surface area contributed by atoms with E-state index in [-0.39, 0.29) is 11.6 Å². The molecule has 0 aliphatic heterocycles. The van der Waals surface area contributed by atoms with Crippen molar-refractivity contribution in [2.24, 2.45) is 0 Å². The van der Waals surface area contributed by atoms with Crippen molar-refractivity contribution in [2.45, 2.75) is 6.92 Å². The van der Waals surface area contributed by atoms with Gasteiger partial charge in [0.15, 0.2) is 0 Å². The summed E-state index contributed by atoms with van der Waals surface area (Å²) in [6.45, 7) is 2.53. The first kappa shape index (κ1) is 19.4. The van der Waals surface area contributed by atoms with E-state index in [2.05, 4.69) is 20.6 Å². The summed E-state index contributed by atoms with van der Waals surface area (Å²) in [4.78, 5) is 20.9. The van der Waals surface area contributed by atoms with Gasteiger partial charge < -0.3 is 20.1 Å². The lowest BCUT2D eigenvalue weighted by Crippen LogP contribution is -2.14. The van der Waals surface area contributed by atoms with Crippen molar-refractivity contribution in [3.05, 3.63) is 65.4 Å². The average Bonchev–Trinajstić information content (AvgIpc) is 2.70. The maximum absolute atomic E-state index is 12.5. The van der Waals surface area contributed by atoms with E-state index in [0.29, 0.717) is 29.0 Å². The largest absolute Gasteiger partial charge is 0.495 e. The molecule has 0 saturated heterocycles. The monoisotopic (exact) mass is 398 g/mol. The number of benzene rings is 2. The van der Waals surface area contributed by atoms with Crippen LogP contribution in [0.2, 0.25) is 5.02 Å². The number of halogens is 1. The number of carbonyl (C=O) groups is 1. The number of hydrogen-bond donors (Lipinski definition) is 2. The third kappa shape index (κ3) is 4.89. The van der Waals surface area contributed by atoms with Gasteiger partial charge in [-0.3, -0.25) is 4.79 Å². The fourth-order valence-corrected chi connectivity index (χ4v) is 2.67. The number of ether oxygens (including phenoxy) is 2. The van der Waals surface area contributed by atoms with Crippen LogP contribution >= 0.6 is 11.6 Å². The number of hydrogen-bond acceptors (Lipinski definition) is 6. The predicted molar refractivity (Wildman–Crippen MR) is 109 cm³/mol. The quantitative estimate of drug-likeness (QED) is 0.608. The molecule has 0 saturated carbocycles. The number of methoxy groups -OCH3 is 1. The highest BCUT2D eigenvalue weighted by Gasteiger charge is 2.11. The zero-order valence-electron chi connectivity index (χ0n) is 15.4. The number of carbonyl (C=O) groups excluding carboxylic acids is 1. The Balaban J connectivity index is 1.69. The van der Waals surface area contributed by atoms with Gasteiger partial charge in [0.25, 0.3) is 5.91 Å². The van der Waals surface area contributed by atoms with E-state index in [1.807, 2.05) is 31.2 Å². The Bertz CT molecular complexity index is 964. The van der Waals surface area contributed by atoms with Gasteiger partial charge in [0.2, 0.25) is 5.95 Å². The first-order valence-corrected chi connectivity index (χ1v) is 8.94. The van der Waals surface area contributed by atoms with Crippen molar-refractivity contribution in [3.8, 4) is 11.5 Å². The maximum Gasteiger partial charge on any atom is 0.274 e. The summed E-state index contributed by atoms with van der Waals surface area (Å²) < 4.78 is 10.5. The molecule has 2 aromatic carbocycles. The molecule has 8 heteroatoms. The van der Waals surface area contributed by atoms with Crippen molar-refractivity contribution in [1.82, 2.24) is 9.97 Å². The molecule has 0 radical (unpaired) electrons. The van der Waals surface area contributed by atoms with Crippen molar-refractivity contribution >= 4 is 34.8 Å². The second-order valence-electron chi connectivity index (χ2n) is 5.65. The lowest BCUT2D eigenvalue weighted by molar-refractivity contribution is 0.102. The van der Waals surface area contributed by atoms with Crippen LogP contribution in [0.25, 0.3) is 0 Å². The summed E-state index contributed by atoms with van der Waals surface area (Å²) in [5.41, 5.74) is 1.54. The standard InChI is InChI=1S/C20H19ClN4O3/c1-3-28-15-7-4-13(5-8-15)24-20-22-11-10-17(25-20)19(26)23-14-6-9-18(27-2)16(21)12-14/h4-12H,3H2,1-2H3,(H,23,26)(H,22,24,25). The molecule has 0 fully saturated rings. The summed E-state index contributed by atoms with van der Waals surface area (Å²) in [6.07, 6.45) is 1.51. The Hall–Kier alpha value is -3.32. The van der Waals surface area contributed by atoms with Gasteiger partial charge in [-0.15, -0.1) is 0 Å². The van der Waals surface area contributed by atoms with Crippen LogP contribution in [0.5, 0.6) is 11.5 Å². The number of nitrogens with one attached hydrogen (secondary N) is 2. The average molecular weight is 399 g/mol. The van der Waals surface area contributed by atoms with Gasteiger partial charge in [0, 0.05) is 17.6 Å². The van der Waals surface area contributed by atoms with Crippen LogP contribution in [0.15, 0.2) is 54.7 Å². The first-order valence-electron chi connectivity index (χ1n) is 8.57. The van der Waals surface area contributed by atoms with Crippen LogP contribution in [0.4, 0.5) is 17.3 Å². The maximum atomic E-state index is 12.5. The minimum Gasteiger partial charge on any atom is -0.495 e. The summed E-state index contributed by atoms with van der Waals surface area (Å²) in [6, 6.07) is 13.9. The number of aromatic nitrogens is 2. The molecule has 0 spiro atoms. The molecule has 3 rings (SSSR count). The highest BCUT2D eigenvalue weighted by atomic mass is 35.5. The minimum atomic E-state index is -0.377. The van der Waals surface area contributed by atoms with Crippen molar-refractivity contribution < 1.29 is 14.3 Å². The molecule has 3 aromatic rings.